The first kappa shape index (κ1) is 16.6. The van der Waals surface area contributed by atoms with E-state index in [0.29, 0.717) is 5.75 Å². The molecule has 2 N–H and O–H groups in total. The topological polar surface area (TPSA) is 50.4 Å². The number of carbonyl (C=O) groups is 1. The first-order valence-corrected chi connectivity index (χ1v) is 8.10. The van der Waals surface area contributed by atoms with E-state index < -0.39 is 0 Å². The van der Waals surface area contributed by atoms with Crippen molar-refractivity contribution in [2.24, 2.45) is 0 Å². The van der Waals surface area contributed by atoms with E-state index in [4.69, 9.17) is 4.74 Å². The lowest BCUT2D eigenvalue weighted by Gasteiger charge is -2.10. The predicted octanol–water partition coefficient (Wildman–Crippen LogP) is 4.76. The molecule has 0 aliphatic rings. The SMILES string of the molecule is Cc1cccc(OCC(=O)Nc2ccc(Nc3ccccc3)cc2)c1. The van der Waals surface area contributed by atoms with Crippen molar-refractivity contribution in [1.82, 2.24) is 0 Å². The van der Waals surface area contributed by atoms with Gasteiger partial charge < -0.3 is 15.4 Å². The molecule has 0 spiro atoms. The van der Waals surface area contributed by atoms with Gasteiger partial charge in [-0.2, -0.15) is 0 Å². The molecule has 126 valence electrons. The lowest BCUT2D eigenvalue weighted by atomic mass is 10.2. The van der Waals surface area contributed by atoms with Gasteiger partial charge in [-0.05, 0) is 61.0 Å². The number of ether oxygens (including phenoxy) is 1. The monoisotopic (exact) mass is 332 g/mol. The summed E-state index contributed by atoms with van der Waals surface area (Å²) < 4.78 is 5.50. The van der Waals surface area contributed by atoms with Crippen LogP contribution in [0.1, 0.15) is 5.56 Å². The van der Waals surface area contributed by atoms with Crippen molar-refractivity contribution in [3.63, 3.8) is 0 Å². The fraction of sp³-hybridized carbons (Fsp3) is 0.0952. The van der Waals surface area contributed by atoms with Gasteiger partial charge in [-0.1, -0.05) is 30.3 Å². The maximum absolute atomic E-state index is 12.0. The molecule has 4 heteroatoms. The van der Waals surface area contributed by atoms with Crippen LogP contribution in [0.15, 0.2) is 78.9 Å². The van der Waals surface area contributed by atoms with Crippen molar-refractivity contribution in [3.8, 4) is 5.75 Å². The maximum Gasteiger partial charge on any atom is 0.262 e. The van der Waals surface area contributed by atoms with Crippen molar-refractivity contribution < 1.29 is 9.53 Å². The Labute approximate surface area is 147 Å². The molecule has 0 radical (unpaired) electrons. The lowest BCUT2D eigenvalue weighted by Crippen LogP contribution is -2.20. The molecule has 0 heterocycles. The fourth-order valence-corrected chi connectivity index (χ4v) is 2.38. The smallest absolute Gasteiger partial charge is 0.262 e. The van der Waals surface area contributed by atoms with Gasteiger partial charge in [-0.15, -0.1) is 0 Å². The zero-order valence-corrected chi connectivity index (χ0v) is 14.0. The van der Waals surface area contributed by atoms with Crippen LogP contribution < -0.4 is 15.4 Å². The molecule has 0 saturated carbocycles. The zero-order chi connectivity index (χ0) is 17.5. The Bertz CT molecular complexity index is 830. The average Bonchev–Trinajstić information content (AvgIpc) is 2.63. The summed E-state index contributed by atoms with van der Waals surface area (Å²) in [5, 5.41) is 6.13. The van der Waals surface area contributed by atoms with E-state index in [1.165, 1.54) is 0 Å². The van der Waals surface area contributed by atoms with Gasteiger partial charge in [0, 0.05) is 17.1 Å². The summed E-state index contributed by atoms with van der Waals surface area (Å²) in [7, 11) is 0. The van der Waals surface area contributed by atoms with Gasteiger partial charge in [0.2, 0.25) is 0 Å². The Morgan fingerprint density at radius 1 is 0.840 bits per heavy atom. The van der Waals surface area contributed by atoms with Gasteiger partial charge >= 0.3 is 0 Å². The summed E-state index contributed by atoms with van der Waals surface area (Å²) in [4.78, 5) is 12.0. The van der Waals surface area contributed by atoms with E-state index in [-0.39, 0.29) is 12.5 Å². The second kappa shape index (κ2) is 8.02. The number of para-hydroxylation sites is 1. The number of anilines is 3. The minimum Gasteiger partial charge on any atom is -0.484 e. The van der Waals surface area contributed by atoms with Gasteiger partial charge in [-0.25, -0.2) is 0 Å². The average molecular weight is 332 g/mol. The molecule has 0 unspecified atom stereocenters. The highest BCUT2D eigenvalue weighted by atomic mass is 16.5. The number of rotatable bonds is 6. The third-order valence-corrected chi connectivity index (χ3v) is 3.59. The lowest BCUT2D eigenvalue weighted by molar-refractivity contribution is -0.118. The van der Waals surface area contributed by atoms with Crippen molar-refractivity contribution in [3.05, 3.63) is 84.4 Å². The van der Waals surface area contributed by atoms with Crippen LogP contribution in [0.25, 0.3) is 0 Å². The van der Waals surface area contributed by atoms with Crippen LogP contribution in [0.3, 0.4) is 0 Å². The Kier molecular flexibility index (Phi) is 5.32. The number of carbonyl (C=O) groups excluding carboxylic acids is 1. The summed E-state index contributed by atoms with van der Waals surface area (Å²) >= 11 is 0. The van der Waals surface area contributed by atoms with E-state index in [1.807, 2.05) is 85.8 Å². The van der Waals surface area contributed by atoms with Crippen molar-refractivity contribution >= 4 is 23.0 Å². The summed E-state index contributed by atoms with van der Waals surface area (Å²) in [6.45, 7) is 1.96. The Hall–Kier alpha value is -3.27. The molecule has 4 nitrogen and oxygen atoms in total. The van der Waals surface area contributed by atoms with E-state index in [1.54, 1.807) is 0 Å². The fourth-order valence-electron chi connectivity index (χ4n) is 2.38. The maximum atomic E-state index is 12.0. The van der Waals surface area contributed by atoms with E-state index >= 15 is 0 Å². The Balaban J connectivity index is 1.51. The molecule has 3 aromatic carbocycles. The molecule has 0 saturated heterocycles. The largest absolute Gasteiger partial charge is 0.484 e. The number of hydrogen-bond donors (Lipinski definition) is 2. The van der Waals surface area contributed by atoms with Crippen molar-refractivity contribution in [2.75, 3.05) is 17.2 Å². The quantitative estimate of drug-likeness (QED) is 0.684. The molecule has 1 amide bonds. The molecule has 0 aliphatic carbocycles. The summed E-state index contributed by atoms with van der Waals surface area (Å²) in [6, 6.07) is 25.1. The van der Waals surface area contributed by atoms with Gasteiger partial charge in [0.25, 0.3) is 5.91 Å². The third kappa shape index (κ3) is 5.11. The highest BCUT2D eigenvalue weighted by molar-refractivity contribution is 5.92. The van der Waals surface area contributed by atoms with Crippen molar-refractivity contribution in [1.29, 1.82) is 0 Å². The molecule has 0 bridgehead atoms. The van der Waals surface area contributed by atoms with E-state index in [0.717, 1.165) is 22.6 Å². The Morgan fingerprint density at radius 2 is 1.52 bits per heavy atom. The van der Waals surface area contributed by atoms with Crippen LogP contribution in [0.2, 0.25) is 0 Å². The number of hydrogen-bond acceptors (Lipinski definition) is 3. The zero-order valence-electron chi connectivity index (χ0n) is 14.0. The molecule has 0 atom stereocenters. The minimum atomic E-state index is -0.190. The summed E-state index contributed by atoms with van der Waals surface area (Å²) in [5.41, 5.74) is 3.81. The molecule has 0 aromatic heterocycles. The third-order valence-electron chi connectivity index (χ3n) is 3.59. The minimum absolute atomic E-state index is 0.0204. The van der Waals surface area contributed by atoms with Crippen LogP contribution >= 0.6 is 0 Å². The second-order valence-corrected chi connectivity index (χ2v) is 5.72. The number of amides is 1. The highest BCUT2D eigenvalue weighted by Gasteiger charge is 2.04. The first-order valence-electron chi connectivity index (χ1n) is 8.10. The molecular weight excluding hydrogens is 312 g/mol. The normalized spacial score (nSPS) is 10.1. The first-order chi connectivity index (χ1) is 12.2. The van der Waals surface area contributed by atoms with E-state index in [9.17, 15) is 4.79 Å². The van der Waals surface area contributed by atoms with Gasteiger partial charge in [-0.3, -0.25) is 4.79 Å². The van der Waals surface area contributed by atoms with Crippen molar-refractivity contribution in [2.45, 2.75) is 6.92 Å². The molecule has 3 aromatic rings. The summed E-state index contributed by atoms with van der Waals surface area (Å²) in [6.07, 6.45) is 0. The molecule has 25 heavy (non-hydrogen) atoms. The van der Waals surface area contributed by atoms with Crippen LogP contribution in [0.5, 0.6) is 5.75 Å². The van der Waals surface area contributed by atoms with Crippen LogP contribution in [-0.4, -0.2) is 12.5 Å². The summed E-state index contributed by atoms with van der Waals surface area (Å²) in [5.74, 6) is 0.503. The number of nitrogens with one attached hydrogen (secondary N) is 2. The highest BCUT2D eigenvalue weighted by Crippen LogP contribution is 2.18. The van der Waals surface area contributed by atoms with Gasteiger partial charge in [0.1, 0.15) is 5.75 Å². The van der Waals surface area contributed by atoms with Gasteiger partial charge in [0.05, 0.1) is 0 Å². The predicted molar refractivity (Wildman–Crippen MR) is 101 cm³/mol. The van der Waals surface area contributed by atoms with E-state index in [2.05, 4.69) is 10.6 Å². The van der Waals surface area contributed by atoms with Crippen LogP contribution in [0.4, 0.5) is 17.1 Å². The molecule has 0 aliphatic heterocycles. The second-order valence-electron chi connectivity index (χ2n) is 5.72. The standard InChI is InChI=1S/C21H20N2O2/c1-16-6-5-9-20(14-16)25-15-21(24)23-19-12-10-18(11-13-19)22-17-7-3-2-4-8-17/h2-14,22H,15H2,1H3,(H,23,24). The van der Waals surface area contributed by atoms with Gasteiger partial charge in [0.15, 0.2) is 6.61 Å². The molecular formula is C21H20N2O2. The number of benzene rings is 3. The van der Waals surface area contributed by atoms with Crippen LogP contribution in [-0.2, 0) is 4.79 Å². The Morgan fingerprint density at radius 3 is 2.24 bits per heavy atom. The number of aryl methyl sites for hydroxylation is 1. The molecule has 0 fully saturated rings. The molecule has 3 rings (SSSR count). The van der Waals surface area contributed by atoms with Crippen LogP contribution in [0, 0.1) is 6.92 Å².